The Morgan fingerprint density at radius 2 is 1.71 bits per heavy atom. The highest BCUT2D eigenvalue weighted by Gasteiger charge is 2.31. The van der Waals surface area contributed by atoms with Crippen molar-refractivity contribution >= 4 is 0 Å². The molecule has 21 heavy (non-hydrogen) atoms. The monoisotopic (exact) mass is 289 g/mol. The van der Waals surface area contributed by atoms with Gasteiger partial charge in [-0.3, -0.25) is 4.90 Å². The number of hydrogen-bond donors (Lipinski definition) is 1. The first-order valence-electron chi connectivity index (χ1n) is 8.49. The average molecular weight is 289 g/mol. The molecule has 2 rings (SSSR count). The minimum atomic E-state index is -0.346. The maximum absolute atomic E-state index is 11.0. The van der Waals surface area contributed by atoms with E-state index in [0.29, 0.717) is 11.8 Å². The molecular formula is C19H31NO. The fourth-order valence-corrected chi connectivity index (χ4v) is 3.58. The first-order chi connectivity index (χ1) is 9.99. The quantitative estimate of drug-likeness (QED) is 0.827. The van der Waals surface area contributed by atoms with Gasteiger partial charge in [0.25, 0.3) is 0 Å². The second-order valence-corrected chi connectivity index (χ2v) is 7.34. The number of fused-ring (bicyclic) bond motifs is 1. The molecule has 1 N–H and O–H groups in total. The molecule has 0 radical (unpaired) electrons. The van der Waals surface area contributed by atoms with Crippen LogP contribution in [0.1, 0.15) is 57.8 Å². The Labute approximate surface area is 130 Å². The second-order valence-electron chi connectivity index (χ2n) is 7.34. The van der Waals surface area contributed by atoms with Crippen LogP contribution < -0.4 is 0 Å². The second kappa shape index (κ2) is 7.42. The minimum Gasteiger partial charge on any atom is -0.387 e. The molecule has 1 aliphatic rings. The van der Waals surface area contributed by atoms with Gasteiger partial charge >= 0.3 is 0 Å². The smallest absolute Gasteiger partial charge is 0.0947 e. The number of hydrogen-bond acceptors (Lipinski definition) is 2. The van der Waals surface area contributed by atoms with Gasteiger partial charge in [-0.1, -0.05) is 52.0 Å². The van der Waals surface area contributed by atoms with Gasteiger partial charge in [0.15, 0.2) is 0 Å². The Kier molecular flexibility index (Phi) is 5.83. The number of nitrogens with zero attached hydrogens (tertiary/aromatic N) is 1. The zero-order chi connectivity index (χ0) is 15.4. The first-order valence-corrected chi connectivity index (χ1v) is 8.49. The largest absolute Gasteiger partial charge is 0.387 e. The predicted octanol–water partition coefficient (Wildman–Crippen LogP) is 4.04. The summed E-state index contributed by atoms with van der Waals surface area (Å²) in [5.74, 6) is 1.27. The molecule has 2 nitrogen and oxygen atoms in total. The lowest BCUT2D eigenvalue weighted by molar-refractivity contribution is 0.0318. The van der Waals surface area contributed by atoms with Gasteiger partial charge in [-0.25, -0.2) is 0 Å². The lowest BCUT2D eigenvalue weighted by Crippen LogP contribution is -2.43. The van der Waals surface area contributed by atoms with Crippen LogP contribution in [0.3, 0.4) is 0 Å². The number of benzene rings is 1. The summed E-state index contributed by atoms with van der Waals surface area (Å²) >= 11 is 0. The molecular weight excluding hydrogens is 258 g/mol. The van der Waals surface area contributed by atoms with Gasteiger partial charge < -0.3 is 5.11 Å². The van der Waals surface area contributed by atoms with Gasteiger partial charge in [0.1, 0.15) is 0 Å². The molecule has 0 bridgehead atoms. The van der Waals surface area contributed by atoms with Crippen molar-refractivity contribution in [1.82, 2.24) is 4.90 Å². The highest BCUT2D eigenvalue weighted by Crippen LogP contribution is 2.32. The van der Waals surface area contributed by atoms with Crippen LogP contribution in [0.2, 0.25) is 0 Å². The van der Waals surface area contributed by atoms with Crippen LogP contribution in [0, 0.1) is 11.8 Å². The van der Waals surface area contributed by atoms with E-state index in [-0.39, 0.29) is 12.1 Å². The zero-order valence-electron chi connectivity index (χ0n) is 14.0. The Morgan fingerprint density at radius 1 is 1.10 bits per heavy atom. The normalized spacial score (nSPS) is 22.7. The average Bonchev–Trinajstić information content (AvgIpc) is 2.57. The number of rotatable bonds is 5. The van der Waals surface area contributed by atoms with Gasteiger partial charge in [0.2, 0.25) is 0 Å². The molecule has 2 heteroatoms. The fourth-order valence-electron chi connectivity index (χ4n) is 3.58. The summed E-state index contributed by atoms with van der Waals surface area (Å²) in [5, 5.41) is 11.0. The van der Waals surface area contributed by atoms with E-state index in [1.807, 2.05) is 0 Å². The summed E-state index contributed by atoms with van der Waals surface area (Å²) in [7, 11) is 0. The lowest BCUT2D eigenvalue weighted by Gasteiger charge is -2.36. The van der Waals surface area contributed by atoms with Gasteiger partial charge in [0, 0.05) is 19.1 Å². The minimum absolute atomic E-state index is 0.262. The third-order valence-electron chi connectivity index (χ3n) is 4.35. The van der Waals surface area contributed by atoms with Crippen molar-refractivity contribution in [3.63, 3.8) is 0 Å². The number of aryl methyl sites for hydroxylation is 1. The van der Waals surface area contributed by atoms with Crippen LogP contribution in [-0.4, -0.2) is 29.1 Å². The molecule has 2 atom stereocenters. The lowest BCUT2D eigenvalue weighted by atomic mass is 9.96. The Morgan fingerprint density at radius 3 is 2.33 bits per heavy atom. The van der Waals surface area contributed by atoms with E-state index in [4.69, 9.17) is 0 Å². The van der Waals surface area contributed by atoms with Crippen LogP contribution >= 0.6 is 0 Å². The number of aliphatic hydroxyl groups is 1. The Balaban J connectivity index is 2.23. The maximum Gasteiger partial charge on any atom is 0.0947 e. The fraction of sp³-hybridized carbons (Fsp3) is 0.684. The SMILES string of the molecule is CC(C)CN(CC(C)C)C1CCCc2ccccc2C1O. The van der Waals surface area contributed by atoms with E-state index in [2.05, 4.69) is 56.9 Å². The predicted molar refractivity (Wildman–Crippen MR) is 89.4 cm³/mol. The molecule has 1 aromatic rings. The highest BCUT2D eigenvalue weighted by molar-refractivity contribution is 5.31. The maximum atomic E-state index is 11.0. The first kappa shape index (κ1) is 16.5. The van der Waals surface area contributed by atoms with Crippen LogP contribution in [0.5, 0.6) is 0 Å². The molecule has 118 valence electrons. The van der Waals surface area contributed by atoms with Crippen LogP contribution in [0.15, 0.2) is 24.3 Å². The molecule has 1 aliphatic carbocycles. The molecule has 1 aromatic carbocycles. The van der Waals surface area contributed by atoms with Crippen molar-refractivity contribution in [2.24, 2.45) is 11.8 Å². The summed E-state index contributed by atoms with van der Waals surface area (Å²) in [4.78, 5) is 2.53. The molecule has 0 heterocycles. The van der Waals surface area contributed by atoms with Crippen molar-refractivity contribution in [1.29, 1.82) is 0 Å². The van der Waals surface area contributed by atoms with E-state index in [0.717, 1.165) is 31.5 Å². The van der Waals surface area contributed by atoms with Crippen LogP contribution in [0.25, 0.3) is 0 Å². The molecule has 0 aliphatic heterocycles. The summed E-state index contributed by atoms with van der Waals surface area (Å²) < 4.78 is 0. The van der Waals surface area contributed by atoms with Crippen LogP contribution in [0.4, 0.5) is 0 Å². The van der Waals surface area contributed by atoms with E-state index >= 15 is 0 Å². The third kappa shape index (κ3) is 4.31. The molecule has 0 saturated carbocycles. The van der Waals surface area contributed by atoms with Gasteiger partial charge in [-0.15, -0.1) is 0 Å². The molecule has 0 aromatic heterocycles. The topological polar surface area (TPSA) is 23.5 Å². The van der Waals surface area contributed by atoms with Crippen molar-refractivity contribution in [2.75, 3.05) is 13.1 Å². The molecule has 2 unspecified atom stereocenters. The summed E-state index contributed by atoms with van der Waals surface area (Å²) in [6.45, 7) is 11.2. The Hall–Kier alpha value is -0.860. The Bertz CT molecular complexity index is 431. The van der Waals surface area contributed by atoms with E-state index < -0.39 is 0 Å². The van der Waals surface area contributed by atoms with Crippen molar-refractivity contribution in [3.05, 3.63) is 35.4 Å². The van der Waals surface area contributed by atoms with Gasteiger partial charge in [0.05, 0.1) is 6.10 Å². The standard InChI is InChI=1S/C19H31NO/c1-14(2)12-20(13-15(3)4)18-11-7-9-16-8-5-6-10-17(16)19(18)21/h5-6,8,10,14-15,18-19,21H,7,9,11-13H2,1-4H3. The van der Waals surface area contributed by atoms with Crippen molar-refractivity contribution in [3.8, 4) is 0 Å². The summed E-state index contributed by atoms with van der Waals surface area (Å²) in [5.41, 5.74) is 2.49. The van der Waals surface area contributed by atoms with E-state index in [1.54, 1.807) is 0 Å². The molecule has 0 amide bonds. The summed E-state index contributed by atoms with van der Waals surface area (Å²) in [6.07, 6.45) is 3.02. The summed E-state index contributed by atoms with van der Waals surface area (Å²) in [6, 6.07) is 8.70. The molecule has 0 fully saturated rings. The van der Waals surface area contributed by atoms with Gasteiger partial charge in [-0.05, 0) is 42.2 Å². The van der Waals surface area contributed by atoms with Crippen molar-refractivity contribution in [2.45, 2.75) is 59.1 Å². The zero-order valence-corrected chi connectivity index (χ0v) is 14.0. The van der Waals surface area contributed by atoms with E-state index in [9.17, 15) is 5.11 Å². The number of aliphatic hydroxyl groups excluding tert-OH is 1. The third-order valence-corrected chi connectivity index (χ3v) is 4.35. The van der Waals surface area contributed by atoms with Gasteiger partial charge in [-0.2, -0.15) is 0 Å². The van der Waals surface area contributed by atoms with E-state index in [1.165, 1.54) is 12.0 Å². The molecule has 0 saturated heterocycles. The molecule has 0 spiro atoms. The highest BCUT2D eigenvalue weighted by atomic mass is 16.3. The van der Waals surface area contributed by atoms with Crippen molar-refractivity contribution < 1.29 is 5.11 Å². The van der Waals surface area contributed by atoms with Crippen LogP contribution in [-0.2, 0) is 6.42 Å².